The maximum atomic E-state index is 13.1. The van der Waals surface area contributed by atoms with Crippen molar-refractivity contribution < 1.29 is 4.39 Å². The molecule has 2 aromatic carbocycles. The van der Waals surface area contributed by atoms with Crippen molar-refractivity contribution in [2.24, 2.45) is 0 Å². The van der Waals surface area contributed by atoms with Crippen molar-refractivity contribution in [1.29, 1.82) is 0 Å². The topological polar surface area (TPSA) is 38.0 Å². The molecule has 0 aromatic heterocycles. The van der Waals surface area contributed by atoms with Gasteiger partial charge in [-0.15, -0.1) is 0 Å². The van der Waals surface area contributed by atoms with E-state index in [4.69, 9.17) is 17.3 Å². The smallest absolute Gasteiger partial charge is 0.125 e. The number of anilines is 3. The molecule has 88 valence electrons. The molecule has 0 aliphatic heterocycles. The highest BCUT2D eigenvalue weighted by atomic mass is 79.9. The summed E-state index contributed by atoms with van der Waals surface area (Å²) in [4.78, 5) is 0. The monoisotopic (exact) mass is 314 g/mol. The van der Waals surface area contributed by atoms with Crippen LogP contribution in [0.3, 0.4) is 0 Å². The number of hydrogen-bond acceptors (Lipinski definition) is 2. The van der Waals surface area contributed by atoms with Crippen LogP contribution < -0.4 is 11.1 Å². The zero-order valence-corrected chi connectivity index (χ0v) is 11.0. The molecule has 0 atom stereocenters. The van der Waals surface area contributed by atoms with Gasteiger partial charge in [-0.1, -0.05) is 11.6 Å². The maximum Gasteiger partial charge on any atom is 0.125 e. The molecule has 0 saturated carbocycles. The van der Waals surface area contributed by atoms with Crippen LogP contribution in [-0.2, 0) is 0 Å². The van der Waals surface area contributed by atoms with E-state index >= 15 is 0 Å². The summed E-state index contributed by atoms with van der Waals surface area (Å²) in [5, 5.41) is 3.49. The van der Waals surface area contributed by atoms with Crippen molar-refractivity contribution in [1.82, 2.24) is 0 Å². The lowest BCUT2D eigenvalue weighted by atomic mass is 10.2. The van der Waals surface area contributed by atoms with Crippen LogP contribution in [0.25, 0.3) is 0 Å². The van der Waals surface area contributed by atoms with E-state index in [9.17, 15) is 4.39 Å². The van der Waals surface area contributed by atoms with Crippen LogP contribution in [0.15, 0.2) is 40.9 Å². The summed E-state index contributed by atoms with van der Waals surface area (Å²) in [7, 11) is 0. The number of nitrogens with two attached hydrogens (primary N) is 1. The minimum atomic E-state index is -0.344. The Kier molecular flexibility index (Phi) is 3.54. The Hall–Kier alpha value is -1.26. The molecule has 0 bridgehead atoms. The van der Waals surface area contributed by atoms with Gasteiger partial charge >= 0.3 is 0 Å². The second kappa shape index (κ2) is 4.94. The summed E-state index contributed by atoms with van der Waals surface area (Å²) < 4.78 is 13.9. The van der Waals surface area contributed by atoms with Crippen LogP contribution in [0, 0.1) is 5.82 Å². The largest absolute Gasteiger partial charge is 0.399 e. The van der Waals surface area contributed by atoms with E-state index in [0.717, 1.165) is 10.2 Å². The highest BCUT2D eigenvalue weighted by molar-refractivity contribution is 9.10. The second-order valence-electron chi connectivity index (χ2n) is 3.49. The molecule has 2 nitrogen and oxygen atoms in total. The first-order valence-electron chi connectivity index (χ1n) is 4.83. The molecule has 2 rings (SSSR count). The van der Waals surface area contributed by atoms with E-state index < -0.39 is 0 Å². The Morgan fingerprint density at radius 1 is 1.12 bits per heavy atom. The molecule has 0 fully saturated rings. The van der Waals surface area contributed by atoms with Crippen LogP contribution in [0.5, 0.6) is 0 Å². The molecule has 0 saturated heterocycles. The van der Waals surface area contributed by atoms with E-state index in [1.165, 1.54) is 18.2 Å². The van der Waals surface area contributed by atoms with Crippen LogP contribution in [0.1, 0.15) is 0 Å². The van der Waals surface area contributed by atoms with Crippen molar-refractivity contribution in [3.63, 3.8) is 0 Å². The van der Waals surface area contributed by atoms with Crippen LogP contribution in [-0.4, -0.2) is 0 Å². The Labute approximate surface area is 112 Å². The standard InChI is InChI=1S/C12H9BrClFN2/c13-9-6-8(16)2-4-11(9)17-12-5-7(15)1-3-10(12)14/h1-6,17H,16H2. The Bertz CT molecular complexity index is 560. The van der Waals surface area contributed by atoms with E-state index in [-0.39, 0.29) is 5.82 Å². The SMILES string of the molecule is Nc1ccc(Nc2cc(F)ccc2Cl)c(Br)c1. The van der Waals surface area contributed by atoms with Crippen molar-refractivity contribution in [2.45, 2.75) is 0 Å². The number of nitrogens with one attached hydrogen (secondary N) is 1. The third kappa shape index (κ3) is 2.90. The van der Waals surface area contributed by atoms with Gasteiger partial charge in [0.05, 0.1) is 16.4 Å². The molecular formula is C12H9BrClFN2. The van der Waals surface area contributed by atoms with Crippen LogP contribution in [0.4, 0.5) is 21.5 Å². The number of halogens is 3. The van der Waals surface area contributed by atoms with Gasteiger partial charge in [-0.05, 0) is 52.3 Å². The summed E-state index contributed by atoms with van der Waals surface area (Å²) in [6, 6.07) is 9.46. The van der Waals surface area contributed by atoms with E-state index in [1.807, 2.05) is 0 Å². The highest BCUT2D eigenvalue weighted by Gasteiger charge is 2.05. The fraction of sp³-hybridized carbons (Fsp3) is 0. The van der Waals surface area contributed by atoms with Gasteiger partial charge in [0.2, 0.25) is 0 Å². The van der Waals surface area contributed by atoms with E-state index in [1.54, 1.807) is 18.2 Å². The zero-order chi connectivity index (χ0) is 12.4. The molecule has 2 aromatic rings. The van der Waals surface area contributed by atoms with E-state index in [0.29, 0.717) is 16.4 Å². The Balaban J connectivity index is 2.34. The minimum absolute atomic E-state index is 0.344. The molecule has 0 amide bonds. The summed E-state index contributed by atoms with van der Waals surface area (Å²) in [6.07, 6.45) is 0. The van der Waals surface area contributed by atoms with Gasteiger partial charge in [-0.3, -0.25) is 0 Å². The van der Waals surface area contributed by atoms with Crippen molar-refractivity contribution in [3.05, 3.63) is 51.7 Å². The number of nitrogen functional groups attached to an aromatic ring is 1. The average Bonchev–Trinajstić information content (AvgIpc) is 2.27. The summed E-state index contributed by atoms with van der Waals surface area (Å²) in [5.74, 6) is -0.344. The van der Waals surface area contributed by atoms with Gasteiger partial charge in [0.1, 0.15) is 5.82 Å². The first kappa shape index (κ1) is 12.2. The predicted octanol–water partition coefficient (Wildman–Crippen LogP) is 4.57. The van der Waals surface area contributed by atoms with E-state index in [2.05, 4.69) is 21.2 Å². The van der Waals surface area contributed by atoms with Gasteiger partial charge < -0.3 is 11.1 Å². The lowest BCUT2D eigenvalue weighted by Gasteiger charge is -2.10. The second-order valence-corrected chi connectivity index (χ2v) is 4.75. The van der Waals surface area contributed by atoms with Gasteiger partial charge in [0, 0.05) is 10.2 Å². The van der Waals surface area contributed by atoms with Crippen molar-refractivity contribution in [2.75, 3.05) is 11.1 Å². The lowest BCUT2D eigenvalue weighted by Crippen LogP contribution is -1.94. The van der Waals surface area contributed by atoms with Gasteiger partial charge in [0.15, 0.2) is 0 Å². The predicted molar refractivity (Wildman–Crippen MR) is 73.2 cm³/mol. The molecular weight excluding hydrogens is 307 g/mol. The third-order valence-corrected chi connectivity index (χ3v) is 3.18. The van der Waals surface area contributed by atoms with Gasteiger partial charge in [-0.2, -0.15) is 0 Å². The highest BCUT2D eigenvalue weighted by Crippen LogP contribution is 2.31. The van der Waals surface area contributed by atoms with Crippen molar-refractivity contribution in [3.8, 4) is 0 Å². The molecule has 5 heteroatoms. The Morgan fingerprint density at radius 2 is 1.88 bits per heavy atom. The molecule has 3 N–H and O–H groups in total. The van der Waals surface area contributed by atoms with Gasteiger partial charge in [-0.25, -0.2) is 4.39 Å². The van der Waals surface area contributed by atoms with Crippen LogP contribution in [0.2, 0.25) is 5.02 Å². The molecule has 0 aliphatic carbocycles. The number of rotatable bonds is 2. The molecule has 0 spiro atoms. The average molecular weight is 316 g/mol. The maximum absolute atomic E-state index is 13.1. The van der Waals surface area contributed by atoms with Crippen LogP contribution >= 0.6 is 27.5 Å². The lowest BCUT2D eigenvalue weighted by molar-refractivity contribution is 0.628. The number of benzene rings is 2. The molecule has 0 unspecified atom stereocenters. The zero-order valence-electron chi connectivity index (χ0n) is 8.68. The minimum Gasteiger partial charge on any atom is -0.399 e. The fourth-order valence-electron chi connectivity index (χ4n) is 1.37. The normalized spacial score (nSPS) is 10.3. The Morgan fingerprint density at radius 3 is 2.59 bits per heavy atom. The molecule has 0 aliphatic rings. The number of hydrogen-bond donors (Lipinski definition) is 2. The summed E-state index contributed by atoms with van der Waals surface area (Å²) in [5.41, 5.74) is 7.56. The third-order valence-electron chi connectivity index (χ3n) is 2.19. The molecule has 0 heterocycles. The van der Waals surface area contributed by atoms with Crippen molar-refractivity contribution >= 4 is 44.6 Å². The summed E-state index contributed by atoms with van der Waals surface area (Å²) in [6.45, 7) is 0. The quantitative estimate of drug-likeness (QED) is 0.797. The molecule has 17 heavy (non-hydrogen) atoms. The van der Waals surface area contributed by atoms with Gasteiger partial charge in [0.25, 0.3) is 0 Å². The molecule has 0 radical (unpaired) electrons. The summed E-state index contributed by atoms with van der Waals surface area (Å²) >= 11 is 9.33. The first-order valence-corrected chi connectivity index (χ1v) is 6.00. The fourth-order valence-corrected chi connectivity index (χ4v) is 2.03. The first-order chi connectivity index (χ1) is 8.06.